The number of methoxy groups -OCH3 is 1. The standard InChI is InChI=1S/C24H29N3O3S/c1-13-18(21(14(2)28)30-24(3,4)5)19(15-11-25-23(29-6)26-12-15)20-16-9-7-8-10-17(16)31-22(20)27-13/h11-12,21H,7-10H2,1-6H3/t21-/m1/s1. The van der Waals surface area contributed by atoms with E-state index in [1.54, 1.807) is 37.8 Å². The minimum absolute atomic E-state index is 0.0426. The van der Waals surface area contributed by atoms with Gasteiger partial charge >= 0.3 is 6.01 Å². The van der Waals surface area contributed by atoms with Gasteiger partial charge in [0.05, 0.1) is 12.7 Å². The highest BCUT2D eigenvalue weighted by Crippen LogP contribution is 2.45. The molecule has 6 nitrogen and oxygen atoms in total. The van der Waals surface area contributed by atoms with Gasteiger partial charge in [0.2, 0.25) is 0 Å². The Morgan fingerprint density at radius 1 is 1.16 bits per heavy atom. The first kappa shape index (κ1) is 21.8. The lowest BCUT2D eigenvalue weighted by atomic mass is 9.88. The van der Waals surface area contributed by atoms with Gasteiger partial charge in [-0.25, -0.2) is 15.0 Å². The Kier molecular flexibility index (Phi) is 5.83. The minimum atomic E-state index is -0.715. The van der Waals surface area contributed by atoms with Gasteiger partial charge in [0, 0.05) is 45.0 Å². The number of rotatable bonds is 5. The van der Waals surface area contributed by atoms with Crippen molar-refractivity contribution >= 4 is 27.3 Å². The highest BCUT2D eigenvalue weighted by Gasteiger charge is 2.32. The van der Waals surface area contributed by atoms with Gasteiger partial charge < -0.3 is 9.47 Å². The first-order chi connectivity index (χ1) is 14.7. The van der Waals surface area contributed by atoms with E-state index in [9.17, 15) is 4.79 Å². The molecule has 0 bridgehead atoms. The quantitative estimate of drug-likeness (QED) is 0.530. The molecule has 3 aromatic heterocycles. The Balaban J connectivity index is 2.06. The van der Waals surface area contributed by atoms with Gasteiger partial charge in [-0.15, -0.1) is 11.3 Å². The average molecular weight is 440 g/mol. The molecule has 3 aromatic rings. The molecule has 3 heterocycles. The first-order valence-electron chi connectivity index (χ1n) is 10.7. The number of fused-ring (bicyclic) bond motifs is 3. The number of ketones is 1. The third kappa shape index (κ3) is 4.21. The van der Waals surface area contributed by atoms with Crippen molar-refractivity contribution in [1.82, 2.24) is 15.0 Å². The summed E-state index contributed by atoms with van der Waals surface area (Å²) in [6, 6.07) is 0.314. The molecule has 1 aliphatic rings. The van der Waals surface area contributed by atoms with Crippen molar-refractivity contribution in [1.29, 1.82) is 0 Å². The van der Waals surface area contributed by atoms with E-state index in [4.69, 9.17) is 14.5 Å². The summed E-state index contributed by atoms with van der Waals surface area (Å²) in [5.41, 5.74) is 4.30. The summed E-state index contributed by atoms with van der Waals surface area (Å²) >= 11 is 1.77. The van der Waals surface area contributed by atoms with E-state index in [0.29, 0.717) is 6.01 Å². The van der Waals surface area contributed by atoms with Crippen LogP contribution in [0.25, 0.3) is 21.3 Å². The highest BCUT2D eigenvalue weighted by molar-refractivity contribution is 7.19. The van der Waals surface area contributed by atoms with Crippen molar-refractivity contribution in [2.75, 3.05) is 7.11 Å². The highest BCUT2D eigenvalue weighted by atomic mass is 32.1. The molecule has 31 heavy (non-hydrogen) atoms. The van der Waals surface area contributed by atoms with Crippen molar-refractivity contribution in [2.24, 2.45) is 0 Å². The molecule has 0 fully saturated rings. The maximum Gasteiger partial charge on any atom is 0.316 e. The van der Waals surface area contributed by atoms with Crippen LogP contribution in [-0.4, -0.2) is 33.4 Å². The van der Waals surface area contributed by atoms with E-state index in [2.05, 4.69) is 9.97 Å². The van der Waals surface area contributed by atoms with Crippen molar-refractivity contribution in [3.8, 4) is 17.1 Å². The van der Waals surface area contributed by atoms with Crippen molar-refractivity contribution in [3.05, 3.63) is 34.1 Å². The van der Waals surface area contributed by atoms with E-state index in [1.165, 1.54) is 16.9 Å². The second kappa shape index (κ2) is 8.28. The number of pyridine rings is 1. The summed E-state index contributed by atoms with van der Waals surface area (Å²) in [4.78, 5) is 28.9. The van der Waals surface area contributed by atoms with Gasteiger partial charge in [0.1, 0.15) is 10.9 Å². The minimum Gasteiger partial charge on any atom is -0.467 e. The predicted molar refractivity (Wildman–Crippen MR) is 123 cm³/mol. The van der Waals surface area contributed by atoms with Crippen LogP contribution in [0.4, 0.5) is 0 Å². The van der Waals surface area contributed by atoms with E-state index in [0.717, 1.165) is 51.9 Å². The van der Waals surface area contributed by atoms with Crippen LogP contribution in [0.2, 0.25) is 0 Å². The molecule has 7 heteroatoms. The van der Waals surface area contributed by atoms with Gasteiger partial charge in [0.25, 0.3) is 0 Å². The zero-order valence-corrected chi connectivity index (χ0v) is 19.9. The second-order valence-corrected chi connectivity index (χ2v) is 10.1. The fraction of sp³-hybridized carbons (Fsp3) is 0.500. The largest absolute Gasteiger partial charge is 0.467 e. The molecule has 4 rings (SSSR count). The summed E-state index contributed by atoms with van der Waals surface area (Å²) in [5.74, 6) is -0.0426. The smallest absolute Gasteiger partial charge is 0.316 e. The number of carbonyl (C=O) groups excluding carboxylic acids is 1. The zero-order chi connectivity index (χ0) is 22.3. The van der Waals surface area contributed by atoms with Crippen molar-refractivity contribution < 1.29 is 14.3 Å². The van der Waals surface area contributed by atoms with E-state index < -0.39 is 11.7 Å². The maximum atomic E-state index is 12.8. The molecule has 0 saturated heterocycles. The Bertz CT molecular complexity index is 1130. The summed E-state index contributed by atoms with van der Waals surface area (Å²) in [5, 5.41) is 1.12. The molecule has 0 aromatic carbocycles. The summed E-state index contributed by atoms with van der Waals surface area (Å²) in [7, 11) is 1.55. The molecule has 1 atom stereocenters. The maximum absolute atomic E-state index is 12.8. The SMILES string of the molecule is COc1ncc(-c2c([C@H](OC(C)(C)C)C(C)=O)c(C)nc3sc4c(c23)CCCC4)cn1. The molecular weight excluding hydrogens is 410 g/mol. The van der Waals surface area contributed by atoms with Crippen molar-refractivity contribution in [3.63, 3.8) is 0 Å². The zero-order valence-electron chi connectivity index (χ0n) is 19.0. The van der Waals surface area contributed by atoms with E-state index >= 15 is 0 Å². The van der Waals surface area contributed by atoms with Gasteiger partial charge in [0.15, 0.2) is 5.78 Å². The number of nitrogens with zero attached hydrogens (tertiary/aromatic N) is 3. The van der Waals surface area contributed by atoms with Crippen LogP contribution in [0.15, 0.2) is 12.4 Å². The van der Waals surface area contributed by atoms with Gasteiger partial charge in [-0.05, 0) is 65.9 Å². The topological polar surface area (TPSA) is 74.2 Å². The van der Waals surface area contributed by atoms with Crippen molar-refractivity contribution in [2.45, 2.75) is 72.0 Å². The fourth-order valence-corrected chi connectivity index (χ4v) is 5.60. The lowest BCUT2D eigenvalue weighted by molar-refractivity contribution is -0.138. The molecule has 0 spiro atoms. The lowest BCUT2D eigenvalue weighted by Gasteiger charge is -2.29. The van der Waals surface area contributed by atoms with Crippen LogP contribution < -0.4 is 4.74 Å². The molecule has 0 radical (unpaired) electrons. The average Bonchev–Trinajstić information content (AvgIpc) is 3.08. The second-order valence-electron chi connectivity index (χ2n) is 9.06. The molecule has 0 amide bonds. The number of hydrogen-bond acceptors (Lipinski definition) is 7. The summed E-state index contributed by atoms with van der Waals surface area (Å²) in [6.45, 7) is 9.44. The number of carbonyl (C=O) groups is 1. The van der Waals surface area contributed by atoms with E-state index in [-0.39, 0.29) is 5.78 Å². The summed E-state index contributed by atoms with van der Waals surface area (Å²) < 4.78 is 11.5. The van der Waals surface area contributed by atoms with Crippen LogP contribution in [0, 0.1) is 6.92 Å². The number of hydrogen-bond donors (Lipinski definition) is 0. The monoisotopic (exact) mass is 439 g/mol. The van der Waals surface area contributed by atoms with E-state index in [1.807, 2.05) is 27.7 Å². The number of thiophene rings is 1. The number of Topliss-reactive ketones (excluding diaryl/α,β-unsaturated/α-hetero) is 1. The van der Waals surface area contributed by atoms with Gasteiger partial charge in [-0.2, -0.15) is 0 Å². The Hall–Kier alpha value is -2.38. The first-order valence-corrected chi connectivity index (χ1v) is 11.5. The van der Waals surface area contributed by atoms with Crippen LogP contribution in [-0.2, 0) is 22.4 Å². The van der Waals surface area contributed by atoms with Crippen LogP contribution in [0.1, 0.15) is 68.3 Å². The number of aromatic nitrogens is 3. The van der Waals surface area contributed by atoms with Crippen LogP contribution in [0.3, 0.4) is 0 Å². The van der Waals surface area contributed by atoms with Crippen LogP contribution in [0.5, 0.6) is 6.01 Å². The molecule has 1 aliphatic carbocycles. The Morgan fingerprint density at radius 2 is 1.84 bits per heavy atom. The molecule has 0 unspecified atom stereocenters. The predicted octanol–water partition coefficient (Wildman–Crippen LogP) is 5.39. The normalized spacial score (nSPS) is 15.0. The number of ether oxygens (including phenoxy) is 2. The third-order valence-electron chi connectivity index (χ3n) is 5.53. The molecule has 0 aliphatic heterocycles. The van der Waals surface area contributed by atoms with Gasteiger partial charge in [-0.3, -0.25) is 4.79 Å². The Morgan fingerprint density at radius 3 is 2.45 bits per heavy atom. The molecule has 0 N–H and O–H groups in total. The fourth-order valence-electron chi connectivity index (χ4n) is 4.29. The van der Waals surface area contributed by atoms with Crippen LogP contribution >= 0.6 is 11.3 Å². The molecule has 164 valence electrons. The summed E-state index contributed by atoms with van der Waals surface area (Å²) in [6.07, 6.45) is 7.29. The Labute approximate surface area is 187 Å². The molecule has 0 saturated carbocycles. The third-order valence-corrected chi connectivity index (χ3v) is 6.72. The molecular formula is C24H29N3O3S. The van der Waals surface area contributed by atoms with Gasteiger partial charge in [-0.1, -0.05) is 0 Å². The number of aryl methyl sites for hydroxylation is 3. The lowest BCUT2D eigenvalue weighted by Crippen LogP contribution is -2.27.